The molecule has 0 spiro atoms. The van der Waals surface area contributed by atoms with Crippen LogP contribution in [0.2, 0.25) is 0 Å². The van der Waals surface area contributed by atoms with E-state index >= 15 is 0 Å². The predicted molar refractivity (Wildman–Crippen MR) is 111 cm³/mol. The number of carbonyl (C=O) groups excluding carboxylic acids is 2. The Morgan fingerprint density at radius 2 is 1.66 bits per heavy atom. The van der Waals surface area contributed by atoms with Crippen LogP contribution >= 0.6 is 0 Å². The van der Waals surface area contributed by atoms with Crippen molar-refractivity contribution < 1.29 is 18.7 Å². The van der Waals surface area contributed by atoms with E-state index in [-0.39, 0.29) is 11.3 Å². The smallest absolute Gasteiger partial charge is 0.407 e. The maximum Gasteiger partial charge on any atom is 0.407 e. The van der Waals surface area contributed by atoms with Crippen LogP contribution in [0.1, 0.15) is 37.6 Å². The molecule has 0 fully saturated rings. The van der Waals surface area contributed by atoms with Crippen LogP contribution < -0.4 is 16.1 Å². The van der Waals surface area contributed by atoms with Crippen molar-refractivity contribution in [2.45, 2.75) is 32.8 Å². The highest BCUT2D eigenvalue weighted by atomic mass is 16.6. The van der Waals surface area contributed by atoms with Gasteiger partial charge in [-0.3, -0.25) is 9.59 Å². The molecule has 7 heteroatoms. The first-order valence-electron chi connectivity index (χ1n) is 9.45. The van der Waals surface area contributed by atoms with Crippen LogP contribution in [0, 0.1) is 0 Å². The normalized spacial score (nSPS) is 11.4. The summed E-state index contributed by atoms with van der Waals surface area (Å²) in [6.45, 7) is 6.13. The van der Waals surface area contributed by atoms with E-state index in [1.807, 2.05) is 0 Å². The van der Waals surface area contributed by atoms with Gasteiger partial charge < -0.3 is 19.8 Å². The van der Waals surface area contributed by atoms with Crippen molar-refractivity contribution in [2.75, 3.05) is 13.1 Å². The molecule has 2 aromatic carbocycles. The zero-order valence-corrected chi connectivity index (χ0v) is 16.7. The second-order valence-electron chi connectivity index (χ2n) is 7.68. The van der Waals surface area contributed by atoms with Gasteiger partial charge in [0.2, 0.25) is 5.43 Å². The number of para-hydroxylation sites is 1. The molecule has 0 saturated carbocycles. The van der Waals surface area contributed by atoms with Gasteiger partial charge in [-0.2, -0.15) is 0 Å². The number of ether oxygens (including phenoxy) is 1. The summed E-state index contributed by atoms with van der Waals surface area (Å²) in [5, 5.41) is 6.26. The molecule has 2 amide bonds. The number of hydrogen-bond donors (Lipinski definition) is 2. The Hall–Kier alpha value is -3.35. The summed E-state index contributed by atoms with van der Waals surface area (Å²) >= 11 is 0. The molecule has 0 aliphatic heterocycles. The van der Waals surface area contributed by atoms with Crippen molar-refractivity contribution in [3.63, 3.8) is 0 Å². The zero-order valence-electron chi connectivity index (χ0n) is 16.7. The average Bonchev–Trinajstić information content (AvgIpc) is 2.66. The SMILES string of the molecule is CC(C)(C)OC(=O)NCCCNC(=O)c1ccc2oc3ccccc3c(=O)c2c1. The van der Waals surface area contributed by atoms with Crippen LogP contribution in [0.15, 0.2) is 51.7 Å². The minimum atomic E-state index is -0.549. The van der Waals surface area contributed by atoms with Gasteiger partial charge in [0.15, 0.2) is 0 Å². The Bertz CT molecular complexity index is 1110. The van der Waals surface area contributed by atoms with Crippen LogP contribution in [-0.2, 0) is 4.74 Å². The minimum Gasteiger partial charge on any atom is -0.456 e. The van der Waals surface area contributed by atoms with Crippen LogP contribution in [-0.4, -0.2) is 30.7 Å². The molecular weight excluding hydrogens is 372 g/mol. The lowest BCUT2D eigenvalue weighted by atomic mass is 10.1. The largest absolute Gasteiger partial charge is 0.456 e. The highest BCUT2D eigenvalue weighted by molar-refractivity contribution is 5.99. The summed E-state index contributed by atoms with van der Waals surface area (Å²) in [5.41, 5.74) is 0.608. The molecule has 1 aromatic heterocycles. The number of benzene rings is 2. The van der Waals surface area contributed by atoms with E-state index in [1.165, 1.54) is 0 Å². The molecule has 0 aliphatic carbocycles. The van der Waals surface area contributed by atoms with Gasteiger partial charge in [0, 0.05) is 18.7 Å². The van der Waals surface area contributed by atoms with E-state index < -0.39 is 11.7 Å². The molecule has 3 rings (SSSR count). The third kappa shape index (κ3) is 5.13. The van der Waals surface area contributed by atoms with E-state index in [0.29, 0.717) is 47.0 Å². The Labute approximate surface area is 168 Å². The van der Waals surface area contributed by atoms with Gasteiger partial charge in [0.1, 0.15) is 16.8 Å². The van der Waals surface area contributed by atoms with E-state index in [2.05, 4.69) is 10.6 Å². The van der Waals surface area contributed by atoms with Crippen molar-refractivity contribution in [3.05, 3.63) is 58.3 Å². The second kappa shape index (κ2) is 8.34. The second-order valence-corrected chi connectivity index (χ2v) is 7.68. The van der Waals surface area contributed by atoms with Crippen LogP contribution in [0.25, 0.3) is 21.9 Å². The molecule has 0 bridgehead atoms. The molecule has 0 radical (unpaired) electrons. The van der Waals surface area contributed by atoms with Crippen LogP contribution in [0.5, 0.6) is 0 Å². The number of carbonyl (C=O) groups is 2. The Morgan fingerprint density at radius 3 is 2.41 bits per heavy atom. The fourth-order valence-electron chi connectivity index (χ4n) is 2.84. The minimum absolute atomic E-state index is 0.168. The number of nitrogens with one attached hydrogen (secondary N) is 2. The van der Waals surface area contributed by atoms with E-state index in [1.54, 1.807) is 63.2 Å². The van der Waals surface area contributed by atoms with Crippen molar-refractivity contribution in [2.24, 2.45) is 0 Å². The first-order chi connectivity index (χ1) is 13.7. The summed E-state index contributed by atoms with van der Waals surface area (Å²) in [7, 11) is 0. The van der Waals surface area contributed by atoms with E-state index in [0.717, 1.165) is 0 Å². The van der Waals surface area contributed by atoms with Crippen molar-refractivity contribution in [3.8, 4) is 0 Å². The quantitative estimate of drug-likeness (QED) is 0.507. The highest BCUT2D eigenvalue weighted by Crippen LogP contribution is 2.19. The lowest BCUT2D eigenvalue weighted by Crippen LogP contribution is -2.34. The number of alkyl carbamates (subject to hydrolysis) is 1. The van der Waals surface area contributed by atoms with E-state index in [4.69, 9.17) is 9.15 Å². The summed E-state index contributed by atoms with van der Waals surface area (Å²) in [6.07, 6.45) is 0.0584. The third-order valence-electron chi connectivity index (χ3n) is 4.15. The van der Waals surface area contributed by atoms with Gasteiger partial charge in [0.05, 0.1) is 10.8 Å². The fraction of sp³-hybridized carbons (Fsp3) is 0.318. The number of rotatable bonds is 5. The molecule has 0 unspecified atom stereocenters. The monoisotopic (exact) mass is 396 g/mol. The number of hydrogen-bond acceptors (Lipinski definition) is 5. The van der Waals surface area contributed by atoms with Crippen LogP contribution in [0.4, 0.5) is 4.79 Å². The first-order valence-corrected chi connectivity index (χ1v) is 9.45. The first kappa shape index (κ1) is 20.4. The summed E-state index contributed by atoms with van der Waals surface area (Å²) in [4.78, 5) is 36.6. The lowest BCUT2D eigenvalue weighted by Gasteiger charge is -2.19. The molecule has 0 atom stereocenters. The van der Waals surface area contributed by atoms with Gasteiger partial charge in [-0.15, -0.1) is 0 Å². The van der Waals surface area contributed by atoms with Gasteiger partial charge in [-0.1, -0.05) is 12.1 Å². The Morgan fingerprint density at radius 1 is 0.966 bits per heavy atom. The molecular formula is C22H24N2O5. The van der Waals surface area contributed by atoms with E-state index in [9.17, 15) is 14.4 Å². The highest BCUT2D eigenvalue weighted by Gasteiger charge is 2.15. The molecule has 7 nitrogen and oxygen atoms in total. The van der Waals surface area contributed by atoms with Crippen molar-refractivity contribution >= 4 is 33.9 Å². The zero-order chi connectivity index (χ0) is 21.0. The maximum atomic E-state index is 12.7. The lowest BCUT2D eigenvalue weighted by molar-refractivity contribution is 0.0527. The third-order valence-corrected chi connectivity index (χ3v) is 4.15. The fourth-order valence-corrected chi connectivity index (χ4v) is 2.84. The number of fused-ring (bicyclic) bond motifs is 2. The van der Waals surface area contributed by atoms with Gasteiger partial charge in [-0.25, -0.2) is 4.79 Å². The summed E-state index contributed by atoms with van der Waals surface area (Å²) in [5.74, 6) is -0.295. The maximum absolute atomic E-state index is 12.7. The molecule has 2 N–H and O–H groups in total. The van der Waals surface area contributed by atoms with Gasteiger partial charge >= 0.3 is 6.09 Å². The molecule has 3 aromatic rings. The molecule has 1 heterocycles. The molecule has 29 heavy (non-hydrogen) atoms. The summed E-state index contributed by atoms with van der Waals surface area (Å²) in [6, 6.07) is 11.8. The topological polar surface area (TPSA) is 97.6 Å². The average molecular weight is 396 g/mol. The molecule has 152 valence electrons. The van der Waals surface area contributed by atoms with Gasteiger partial charge in [-0.05, 0) is 57.5 Å². The van der Waals surface area contributed by atoms with Crippen molar-refractivity contribution in [1.82, 2.24) is 10.6 Å². The summed E-state index contributed by atoms with van der Waals surface area (Å²) < 4.78 is 10.9. The Balaban J connectivity index is 1.60. The number of amides is 2. The Kier molecular flexibility index (Phi) is 5.87. The standard InChI is InChI=1S/C22H24N2O5/c1-22(2,3)29-21(27)24-12-6-11-23-20(26)14-9-10-18-16(13-14)19(25)15-7-4-5-8-17(15)28-18/h4-5,7-10,13H,6,11-12H2,1-3H3,(H,23,26)(H,24,27). The van der Waals surface area contributed by atoms with Crippen molar-refractivity contribution in [1.29, 1.82) is 0 Å². The van der Waals surface area contributed by atoms with Crippen LogP contribution in [0.3, 0.4) is 0 Å². The van der Waals surface area contributed by atoms with Gasteiger partial charge in [0.25, 0.3) is 5.91 Å². The predicted octanol–water partition coefficient (Wildman–Crippen LogP) is 3.59. The molecule has 0 aliphatic rings. The molecule has 0 saturated heterocycles.